The van der Waals surface area contributed by atoms with Crippen LogP contribution in [0.2, 0.25) is 0 Å². The van der Waals surface area contributed by atoms with Gasteiger partial charge in [-0.2, -0.15) is 5.10 Å². The van der Waals surface area contributed by atoms with Crippen molar-refractivity contribution in [2.24, 2.45) is 11.3 Å². The van der Waals surface area contributed by atoms with Crippen molar-refractivity contribution in [3.63, 3.8) is 0 Å². The predicted molar refractivity (Wildman–Crippen MR) is 103 cm³/mol. The second-order valence-corrected chi connectivity index (χ2v) is 8.27. The summed E-state index contributed by atoms with van der Waals surface area (Å²) >= 11 is 0. The van der Waals surface area contributed by atoms with Gasteiger partial charge in [-0.05, 0) is 53.5 Å². The Hall–Kier alpha value is -2.31. The Morgan fingerprint density at radius 1 is 1.22 bits per heavy atom. The molecule has 1 aromatic heterocycles. The summed E-state index contributed by atoms with van der Waals surface area (Å²) in [4.78, 5) is 24.5. The molecule has 0 aromatic carbocycles. The number of nitrogens with zero attached hydrogens (tertiary/aromatic N) is 2. The van der Waals surface area contributed by atoms with Crippen molar-refractivity contribution in [3.05, 3.63) is 17.8 Å². The first-order chi connectivity index (χ1) is 12.4. The van der Waals surface area contributed by atoms with Crippen molar-refractivity contribution in [3.8, 4) is 5.88 Å². The molecule has 0 aliphatic rings. The van der Waals surface area contributed by atoms with Gasteiger partial charge in [0.25, 0.3) is 0 Å². The lowest BCUT2D eigenvalue weighted by atomic mass is 9.93. The zero-order chi connectivity index (χ0) is 20.8. The van der Waals surface area contributed by atoms with Crippen LogP contribution >= 0.6 is 0 Å². The molecule has 0 spiro atoms. The molecule has 0 amide bonds. The second-order valence-electron chi connectivity index (χ2n) is 8.27. The fraction of sp³-hybridized carbons (Fsp3) is 0.650. The van der Waals surface area contributed by atoms with Crippen LogP contribution in [0.25, 0.3) is 6.20 Å². The molecular weight excluding hydrogens is 348 g/mol. The van der Waals surface area contributed by atoms with Crippen molar-refractivity contribution in [2.45, 2.75) is 61.0 Å². The average molecular weight is 380 g/mol. The summed E-state index contributed by atoms with van der Waals surface area (Å²) in [5, 5.41) is 4.19. The highest BCUT2D eigenvalue weighted by molar-refractivity contribution is 5.92. The Balaban J connectivity index is 3.11. The molecule has 1 heterocycles. The molecule has 0 saturated carbocycles. The molecular formula is C20H32N2O5. The third-order valence-electron chi connectivity index (χ3n) is 3.36. The Bertz CT molecular complexity index is 681. The topological polar surface area (TPSA) is 79.7 Å². The fourth-order valence-corrected chi connectivity index (χ4v) is 1.93. The molecule has 0 aliphatic carbocycles. The number of hydrogen-bond acceptors (Lipinski definition) is 6. The van der Waals surface area contributed by atoms with Crippen LogP contribution in [-0.2, 0) is 14.3 Å². The van der Waals surface area contributed by atoms with Crippen molar-refractivity contribution in [2.75, 3.05) is 13.2 Å². The van der Waals surface area contributed by atoms with E-state index >= 15 is 0 Å². The molecule has 27 heavy (non-hydrogen) atoms. The van der Waals surface area contributed by atoms with Crippen LogP contribution in [0.1, 0.15) is 65.7 Å². The number of ether oxygens (including phenoxy) is 3. The van der Waals surface area contributed by atoms with Crippen molar-refractivity contribution in [1.82, 2.24) is 9.78 Å². The van der Waals surface area contributed by atoms with E-state index in [4.69, 9.17) is 14.2 Å². The molecule has 0 bridgehead atoms. The first kappa shape index (κ1) is 22.7. The van der Waals surface area contributed by atoms with Gasteiger partial charge in [-0.25, -0.2) is 9.48 Å². The molecule has 7 heteroatoms. The van der Waals surface area contributed by atoms with Crippen LogP contribution in [-0.4, -0.2) is 40.5 Å². The van der Waals surface area contributed by atoms with Crippen LogP contribution < -0.4 is 4.74 Å². The van der Waals surface area contributed by atoms with Gasteiger partial charge in [-0.1, -0.05) is 13.8 Å². The van der Waals surface area contributed by atoms with Gasteiger partial charge in [0.15, 0.2) is 0 Å². The molecule has 0 fully saturated rings. The summed E-state index contributed by atoms with van der Waals surface area (Å²) < 4.78 is 17.7. The maximum atomic E-state index is 12.4. The Morgan fingerprint density at radius 3 is 2.37 bits per heavy atom. The molecule has 0 unspecified atom stereocenters. The minimum absolute atomic E-state index is 0.247. The Labute approximate surface area is 161 Å². The third-order valence-corrected chi connectivity index (χ3v) is 3.36. The fourth-order valence-electron chi connectivity index (χ4n) is 1.93. The molecule has 0 aliphatic heterocycles. The second kappa shape index (κ2) is 9.06. The van der Waals surface area contributed by atoms with E-state index < -0.39 is 17.0 Å². The standard InChI is InChI=1S/C20H32N2O5/c1-9-25-17(23)15-12-21-22(16(15)26-13-14(2)3)11-10-20(7,8)18(24)27-19(4,5)6/h10-12,14H,9,13H2,1-8H3/b11-10+. The Kier molecular flexibility index (Phi) is 7.63. The van der Waals surface area contributed by atoms with Gasteiger partial charge in [-0.3, -0.25) is 4.79 Å². The molecule has 152 valence electrons. The number of carbonyl (C=O) groups is 2. The normalized spacial score (nSPS) is 12.5. The largest absolute Gasteiger partial charge is 0.477 e. The number of aromatic nitrogens is 2. The highest BCUT2D eigenvalue weighted by Gasteiger charge is 2.30. The van der Waals surface area contributed by atoms with Gasteiger partial charge in [0.1, 0.15) is 11.2 Å². The molecule has 7 nitrogen and oxygen atoms in total. The monoisotopic (exact) mass is 380 g/mol. The molecule has 0 saturated heterocycles. The zero-order valence-electron chi connectivity index (χ0n) is 17.7. The number of rotatable bonds is 8. The van der Waals surface area contributed by atoms with E-state index in [0.717, 1.165) is 0 Å². The maximum Gasteiger partial charge on any atom is 0.345 e. The summed E-state index contributed by atoms with van der Waals surface area (Å²) in [6.45, 7) is 15.4. The first-order valence-corrected chi connectivity index (χ1v) is 9.17. The van der Waals surface area contributed by atoms with Gasteiger partial charge >= 0.3 is 11.9 Å². The molecule has 1 aromatic rings. The number of esters is 2. The summed E-state index contributed by atoms with van der Waals surface area (Å²) in [5.41, 5.74) is -1.20. The number of carbonyl (C=O) groups excluding carboxylic acids is 2. The summed E-state index contributed by atoms with van der Waals surface area (Å²) in [7, 11) is 0. The van der Waals surface area contributed by atoms with Gasteiger partial charge in [0.2, 0.25) is 5.88 Å². The van der Waals surface area contributed by atoms with Gasteiger partial charge < -0.3 is 14.2 Å². The van der Waals surface area contributed by atoms with E-state index in [1.165, 1.54) is 10.9 Å². The van der Waals surface area contributed by atoms with Gasteiger partial charge in [0, 0.05) is 6.20 Å². The van der Waals surface area contributed by atoms with Crippen LogP contribution in [0, 0.1) is 11.3 Å². The molecule has 0 N–H and O–H groups in total. The lowest BCUT2D eigenvalue weighted by Gasteiger charge is -2.26. The van der Waals surface area contributed by atoms with Crippen molar-refractivity contribution >= 4 is 18.1 Å². The summed E-state index contributed by atoms with van der Waals surface area (Å²) in [6.07, 6.45) is 4.67. The van der Waals surface area contributed by atoms with E-state index in [1.807, 2.05) is 34.6 Å². The van der Waals surface area contributed by atoms with E-state index in [0.29, 0.717) is 12.5 Å². The van der Waals surface area contributed by atoms with E-state index in [1.54, 1.807) is 33.0 Å². The smallest absolute Gasteiger partial charge is 0.345 e. The molecule has 1 rings (SSSR count). The van der Waals surface area contributed by atoms with E-state index in [2.05, 4.69) is 5.10 Å². The number of hydrogen-bond donors (Lipinski definition) is 0. The van der Waals surface area contributed by atoms with Crippen LogP contribution in [0.5, 0.6) is 5.88 Å². The lowest BCUT2D eigenvalue weighted by molar-refractivity contribution is -0.162. The van der Waals surface area contributed by atoms with Crippen LogP contribution in [0.15, 0.2) is 12.3 Å². The van der Waals surface area contributed by atoms with E-state index in [-0.39, 0.29) is 24.1 Å². The quantitative estimate of drug-likeness (QED) is 0.636. The SMILES string of the molecule is CCOC(=O)c1cnn(/C=C/C(C)(C)C(=O)OC(C)(C)C)c1OCC(C)C. The zero-order valence-corrected chi connectivity index (χ0v) is 17.7. The highest BCUT2D eigenvalue weighted by atomic mass is 16.6. The van der Waals surface area contributed by atoms with E-state index in [9.17, 15) is 9.59 Å². The van der Waals surface area contributed by atoms with Crippen molar-refractivity contribution in [1.29, 1.82) is 0 Å². The predicted octanol–water partition coefficient (Wildman–Crippen LogP) is 3.93. The lowest BCUT2D eigenvalue weighted by Crippen LogP contribution is -2.32. The minimum Gasteiger partial charge on any atom is -0.477 e. The van der Waals surface area contributed by atoms with Crippen molar-refractivity contribution < 1.29 is 23.8 Å². The summed E-state index contributed by atoms with van der Waals surface area (Å²) in [5.74, 6) is -0.292. The maximum absolute atomic E-state index is 12.4. The first-order valence-electron chi connectivity index (χ1n) is 9.17. The average Bonchev–Trinajstić information content (AvgIpc) is 2.92. The molecule has 0 radical (unpaired) electrons. The van der Waals surface area contributed by atoms with Crippen LogP contribution in [0.4, 0.5) is 0 Å². The third kappa shape index (κ3) is 7.07. The van der Waals surface area contributed by atoms with Crippen LogP contribution in [0.3, 0.4) is 0 Å². The highest BCUT2D eigenvalue weighted by Crippen LogP contribution is 2.26. The Morgan fingerprint density at radius 2 is 1.85 bits per heavy atom. The molecule has 0 atom stereocenters. The minimum atomic E-state index is -0.876. The van der Waals surface area contributed by atoms with Gasteiger partial charge in [-0.15, -0.1) is 0 Å². The van der Waals surface area contributed by atoms with Gasteiger partial charge in [0.05, 0.1) is 24.8 Å². The summed E-state index contributed by atoms with van der Waals surface area (Å²) in [6, 6.07) is 0.